The number of hydrogen-bond donors (Lipinski definition) is 1. The molecule has 0 bridgehead atoms. The van der Waals surface area contributed by atoms with Crippen LogP contribution in [-0.4, -0.2) is 29.7 Å². The van der Waals surface area contributed by atoms with Gasteiger partial charge in [0.15, 0.2) is 0 Å². The smallest absolute Gasteiger partial charge is 0.274 e. The van der Waals surface area contributed by atoms with Crippen molar-refractivity contribution in [2.45, 2.75) is 13.3 Å². The lowest BCUT2D eigenvalue weighted by molar-refractivity contribution is 0.384. The minimum absolute atomic E-state index is 0.219. The average Bonchev–Trinajstić information content (AvgIpc) is 3.15. The first-order valence-electron chi connectivity index (χ1n) is 7.12. The molecule has 0 aliphatic heterocycles. The van der Waals surface area contributed by atoms with Gasteiger partial charge in [0, 0.05) is 22.3 Å². The summed E-state index contributed by atoms with van der Waals surface area (Å²) in [6.07, 6.45) is 0.266. The molecule has 0 fully saturated rings. The topological polar surface area (TPSA) is 102 Å². The molecule has 0 amide bonds. The first-order valence-corrected chi connectivity index (χ1v) is 7.50. The molecule has 4 aromatic rings. The third-order valence-electron chi connectivity index (χ3n) is 3.39. The fourth-order valence-corrected chi connectivity index (χ4v) is 2.43. The molecule has 0 atom stereocenters. The van der Waals surface area contributed by atoms with Crippen LogP contribution in [0, 0.1) is 6.92 Å². The van der Waals surface area contributed by atoms with E-state index < -0.39 is 0 Å². The van der Waals surface area contributed by atoms with Crippen molar-refractivity contribution in [1.82, 2.24) is 29.7 Å². The number of nitrogens with one attached hydrogen (secondary N) is 1. The molecule has 3 heterocycles. The second-order valence-corrected chi connectivity index (χ2v) is 5.67. The Balaban J connectivity index is 1.63. The second kappa shape index (κ2) is 5.57. The molecule has 0 radical (unpaired) electrons. The van der Waals surface area contributed by atoms with E-state index in [4.69, 9.17) is 16.1 Å². The quantitative estimate of drug-likeness (QED) is 0.611. The van der Waals surface area contributed by atoms with E-state index in [1.165, 1.54) is 10.6 Å². The van der Waals surface area contributed by atoms with Crippen molar-refractivity contribution in [3.63, 3.8) is 0 Å². The van der Waals surface area contributed by atoms with E-state index in [1.807, 2.05) is 12.1 Å². The first kappa shape index (κ1) is 14.6. The molecule has 120 valence electrons. The van der Waals surface area contributed by atoms with Crippen LogP contribution >= 0.6 is 11.6 Å². The highest BCUT2D eigenvalue weighted by Gasteiger charge is 2.13. The fourth-order valence-electron chi connectivity index (χ4n) is 2.30. The van der Waals surface area contributed by atoms with Crippen molar-refractivity contribution in [3.05, 3.63) is 63.1 Å². The number of aromatic amines is 1. The molecule has 24 heavy (non-hydrogen) atoms. The normalized spacial score (nSPS) is 11.2. The van der Waals surface area contributed by atoms with Crippen LogP contribution in [0.3, 0.4) is 0 Å². The predicted octanol–water partition coefficient (Wildman–Crippen LogP) is 2.02. The van der Waals surface area contributed by atoms with Crippen molar-refractivity contribution in [1.29, 1.82) is 0 Å². The fraction of sp³-hybridized carbons (Fsp3) is 0.133. The summed E-state index contributed by atoms with van der Waals surface area (Å²) in [5.74, 6) is 1.66. The van der Waals surface area contributed by atoms with Gasteiger partial charge in [-0.1, -0.05) is 16.8 Å². The minimum Gasteiger partial charge on any atom is -0.338 e. The summed E-state index contributed by atoms with van der Waals surface area (Å²) >= 11 is 5.86. The molecule has 4 rings (SSSR count). The molecule has 0 saturated carbocycles. The molecular weight excluding hydrogens is 332 g/mol. The van der Waals surface area contributed by atoms with Gasteiger partial charge in [-0.15, -0.1) is 0 Å². The van der Waals surface area contributed by atoms with Crippen LogP contribution in [0.25, 0.3) is 17.2 Å². The summed E-state index contributed by atoms with van der Waals surface area (Å²) in [5.41, 5.74) is 1.19. The molecule has 1 N–H and O–H groups in total. The van der Waals surface area contributed by atoms with Crippen LogP contribution in [0.5, 0.6) is 0 Å². The highest BCUT2D eigenvalue weighted by molar-refractivity contribution is 6.30. The second-order valence-electron chi connectivity index (χ2n) is 5.24. The van der Waals surface area contributed by atoms with Crippen LogP contribution < -0.4 is 5.56 Å². The minimum atomic E-state index is -0.219. The number of benzene rings is 1. The molecule has 3 aromatic heterocycles. The molecule has 0 aliphatic carbocycles. The van der Waals surface area contributed by atoms with E-state index >= 15 is 0 Å². The Kier molecular flexibility index (Phi) is 3.39. The van der Waals surface area contributed by atoms with Gasteiger partial charge in [0.2, 0.25) is 11.7 Å². The van der Waals surface area contributed by atoms with E-state index in [0.717, 1.165) is 5.56 Å². The van der Waals surface area contributed by atoms with Crippen molar-refractivity contribution < 1.29 is 4.52 Å². The third kappa shape index (κ3) is 2.67. The molecule has 9 heteroatoms. The summed E-state index contributed by atoms with van der Waals surface area (Å²) in [4.78, 5) is 24.7. The highest BCUT2D eigenvalue weighted by Crippen LogP contribution is 2.19. The molecule has 8 nitrogen and oxygen atoms in total. The predicted molar refractivity (Wildman–Crippen MR) is 85.9 cm³/mol. The average molecular weight is 343 g/mol. The van der Waals surface area contributed by atoms with Gasteiger partial charge in [0.25, 0.3) is 11.3 Å². The number of aromatic nitrogens is 6. The zero-order valence-corrected chi connectivity index (χ0v) is 13.3. The van der Waals surface area contributed by atoms with Crippen molar-refractivity contribution >= 4 is 17.4 Å². The maximum absolute atomic E-state index is 11.9. The van der Waals surface area contributed by atoms with Gasteiger partial charge in [0.1, 0.15) is 5.82 Å². The van der Waals surface area contributed by atoms with Gasteiger partial charge >= 0.3 is 0 Å². The van der Waals surface area contributed by atoms with Crippen LogP contribution in [0.15, 0.2) is 39.6 Å². The Morgan fingerprint density at radius 2 is 2.00 bits per heavy atom. The molecule has 1 aromatic carbocycles. The third-order valence-corrected chi connectivity index (χ3v) is 3.65. The number of hydrogen-bond acceptors (Lipinski definition) is 6. The van der Waals surface area contributed by atoms with Crippen LogP contribution in [0.1, 0.15) is 17.4 Å². The SMILES string of the molecule is Cc1cc(=O)n2[nH]c(Cc3nc(-c4ccc(Cl)cc4)no3)nc2n1. The number of nitrogens with zero attached hydrogens (tertiary/aromatic N) is 5. The lowest BCUT2D eigenvalue weighted by Crippen LogP contribution is -2.14. The van der Waals surface area contributed by atoms with Gasteiger partial charge in [-0.05, 0) is 31.2 Å². The summed E-state index contributed by atoms with van der Waals surface area (Å²) in [6, 6.07) is 8.56. The van der Waals surface area contributed by atoms with Gasteiger partial charge in [-0.2, -0.15) is 14.5 Å². The molecular formula is C15H11ClN6O2. The Labute approximate surface area is 140 Å². The van der Waals surface area contributed by atoms with E-state index in [1.54, 1.807) is 19.1 Å². The summed E-state index contributed by atoms with van der Waals surface area (Å²) in [5, 5.41) is 7.46. The van der Waals surface area contributed by atoms with Crippen molar-refractivity contribution in [2.75, 3.05) is 0 Å². The van der Waals surface area contributed by atoms with Crippen LogP contribution in [-0.2, 0) is 6.42 Å². The monoisotopic (exact) mass is 342 g/mol. The molecule has 0 spiro atoms. The zero-order valence-electron chi connectivity index (χ0n) is 12.5. The highest BCUT2D eigenvalue weighted by atomic mass is 35.5. The van der Waals surface area contributed by atoms with E-state index in [9.17, 15) is 4.79 Å². The molecule has 0 saturated heterocycles. The maximum atomic E-state index is 11.9. The Morgan fingerprint density at radius 1 is 1.21 bits per heavy atom. The van der Waals surface area contributed by atoms with E-state index in [0.29, 0.717) is 34.0 Å². The number of rotatable bonds is 3. The maximum Gasteiger partial charge on any atom is 0.274 e. The Morgan fingerprint density at radius 3 is 2.79 bits per heavy atom. The van der Waals surface area contributed by atoms with Gasteiger partial charge < -0.3 is 4.52 Å². The van der Waals surface area contributed by atoms with E-state index in [-0.39, 0.29) is 12.0 Å². The zero-order chi connectivity index (χ0) is 16.7. The summed E-state index contributed by atoms with van der Waals surface area (Å²) in [7, 11) is 0. The summed E-state index contributed by atoms with van der Waals surface area (Å²) in [6.45, 7) is 1.74. The lowest BCUT2D eigenvalue weighted by atomic mass is 10.2. The Hall–Kier alpha value is -3.00. The van der Waals surface area contributed by atoms with Crippen LogP contribution in [0.4, 0.5) is 0 Å². The molecule has 0 unspecified atom stereocenters. The number of halogens is 1. The Bertz CT molecular complexity index is 1080. The van der Waals surface area contributed by atoms with Crippen molar-refractivity contribution in [2.24, 2.45) is 0 Å². The molecule has 0 aliphatic rings. The van der Waals surface area contributed by atoms with Gasteiger partial charge in [0.05, 0.1) is 6.42 Å². The van der Waals surface area contributed by atoms with Gasteiger partial charge in [-0.3, -0.25) is 9.89 Å². The van der Waals surface area contributed by atoms with Crippen LogP contribution in [0.2, 0.25) is 5.02 Å². The van der Waals surface area contributed by atoms with Crippen molar-refractivity contribution in [3.8, 4) is 11.4 Å². The number of H-pyrrole nitrogens is 1. The number of aryl methyl sites for hydroxylation is 1. The summed E-state index contributed by atoms with van der Waals surface area (Å²) < 4.78 is 6.52. The van der Waals surface area contributed by atoms with Gasteiger partial charge in [-0.25, -0.2) is 4.98 Å². The lowest BCUT2D eigenvalue weighted by Gasteiger charge is -1.93. The number of fused-ring (bicyclic) bond motifs is 1. The first-order chi connectivity index (χ1) is 11.6. The standard InChI is InChI=1S/C15H11ClN6O2/c1-8-6-13(23)22-15(17-8)18-11(20-22)7-12-19-14(21-24-12)9-2-4-10(16)5-3-9/h2-6H,7H2,1H3,(H,17,18,20). The largest absolute Gasteiger partial charge is 0.338 e. The van der Waals surface area contributed by atoms with E-state index in [2.05, 4.69) is 25.2 Å².